The third kappa shape index (κ3) is 2.81. The molecular formula is C18H20N4O4. The summed E-state index contributed by atoms with van der Waals surface area (Å²) in [6.07, 6.45) is 1.41. The third-order valence-corrected chi connectivity index (χ3v) is 5.19. The van der Waals surface area contributed by atoms with E-state index in [9.17, 15) is 19.2 Å². The summed E-state index contributed by atoms with van der Waals surface area (Å²) in [5.74, 6) is -1.90. The third-order valence-electron chi connectivity index (χ3n) is 5.19. The lowest BCUT2D eigenvalue weighted by atomic mass is 10.0. The van der Waals surface area contributed by atoms with Gasteiger partial charge in [0.2, 0.25) is 11.8 Å². The Morgan fingerprint density at radius 3 is 2.62 bits per heavy atom. The van der Waals surface area contributed by atoms with Gasteiger partial charge >= 0.3 is 0 Å². The minimum absolute atomic E-state index is 0.118. The number of fused-ring (bicyclic) bond motifs is 1. The van der Waals surface area contributed by atoms with Crippen LogP contribution in [-0.4, -0.2) is 53.7 Å². The fraction of sp³-hybridized carbons (Fsp3) is 0.444. The summed E-state index contributed by atoms with van der Waals surface area (Å²) in [6.45, 7) is 2.30. The van der Waals surface area contributed by atoms with E-state index in [4.69, 9.17) is 0 Å². The van der Waals surface area contributed by atoms with Gasteiger partial charge in [-0.15, -0.1) is 0 Å². The Hall–Kier alpha value is -2.58. The molecule has 0 spiro atoms. The molecule has 2 saturated heterocycles. The molecule has 0 bridgehead atoms. The highest BCUT2D eigenvalue weighted by Crippen LogP contribution is 2.29. The molecule has 4 rings (SSSR count). The zero-order valence-corrected chi connectivity index (χ0v) is 14.2. The minimum atomic E-state index is -0.930. The molecule has 3 N–H and O–H groups in total. The second kappa shape index (κ2) is 6.62. The molecule has 4 amide bonds. The Morgan fingerprint density at radius 2 is 1.92 bits per heavy atom. The average Bonchev–Trinajstić information content (AvgIpc) is 2.82. The maximum atomic E-state index is 12.9. The smallest absolute Gasteiger partial charge is 0.262 e. The van der Waals surface area contributed by atoms with Crippen LogP contribution in [0.2, 0.25) is 0 Å². The second-order valence-electron chi connectivity index (χ2n) is 6.86. The van der Waals surface area contributed by atoms with Crippen molar-refractivity contribution in [3.8, 4) is 0 Å². The number of rotatable bonds is 5. The minimum Gasteiger partial charge on any atom is -0.313 e. The molecule has 2 fully saturated rings. The van der Waals surface area contributed by atoms with Gasteiger partial charge in [0.15, 0.2) is 0 Å². The van der Waals surface area contributed by atoms with E-state index in [1.807, 2.05) is 6.07 Å². The van der Waals surface area contributed by atoms with E-state index >= 15 is 0 Å². The predicted molar refractivity (Wildman–Crippen MR) is 91.2 cm³/mol. The summed E-state index contributed by atoms with van der Waals surface area (Å²) in [4.78, 5) is 50.1. The highest BCUT2D eigenvalue weighted by Gasteiger charge is 2.45. The van der Waals surface area contributed by atoms with Crippen LogP contribution in [0.3, 0.4) is 0 Å². The molecule has 3 aliphatic heterocycles. The van der Waals surface area contributed by atoms with Gasteiger partial charge in [-0.25, -0.2) is 0 Å². The number of nitrogens with zero attached hydrogens (tertiary/aromatic N) is 1. The highest BCUT2D eigenvalue weighted by molar-refractivity contribution is 6.24. The van der Waals surface area contributed by atoms with Gasteiger partial charge in [0.05, 0.1) is 11.1 Å². The molecule has 26 heavy (non-hydrogen) atoms. The zero-order chi connectivity index (χ0) is 18.3. The van der Waals surface area contributed by atoms with Gasteiger partial charge in [0, 0.05) is 25.6 Å². The summed E-state index contributed by atoms with van der Waals surface area (Å²) < 4.78 is 0. The molecule has 2 atom stereocenters. The van der Waals surface area contributed by atoms with Gasteiger partial charge in [-0.1, -0.05) is 12.1 Å². The summed E-state index contributed by atoms with van der Waals surface area (Å²) >= 11 is 0. The second-order valence-corrected chi connectivity index (χ2v) is 6.86. The van der Waals surface area contributed by atoms with Gasteiger partial charge in [-0.2, -0.15) is 0 Å². The van der Waals surface area contributed by atoms with E-state index in [1.165, 1.54) is 0 Å². The Kier molecular flexibility index (Phi) is 4.29. The Labute approximate surface area is 150 Å². The molecule has 0 aromatic heterocycles. The van der Waals surface area contributed by atoms with Gasteiger partial charge in [0.1, 0.15) is 6.04 Å². The molecule has 0 radical (unpaired) electrons. The van der Waals surface area contributed by atoms with Crippen molar-refractivity contribution >= 4 is 23.6 Å². The van der Waals surface area contributed by atoms with Gasteiger partial charge in [-0.3, -0.25) is 29.4 Å². The number of amides is 4. The molecule has 3 heterocycles. The van der Waals surface area contributed by atoms with Crippen LogP contribution in [0.1, 0.15) is 45.5 Å². The van der Waals surface area contributed by atoms with Crippen LogP contribution in [0, 0.1) is 0 Å². The fourth-order valence-corrected chi connectivity index (χ4v) is 3.64. The number of benzene rings is 1. The van der Waals surface area contributed by atoms with Gasteiger partial charge in [-0.05, 0) is 31.0 Å². The zero-order valence-electron chi connectivity index (χ0n) is 14.2. The van der Waals surface area contributed by atoms with Crippen molar-refractivity contribution in [3.63, 3.8) is 0 Å². The molecule has 8 heteroatoms. The summed E-state index contributed by atoms with van der Waals surface area (Å²) in [6, 6.07) is 4.69. The van der Waals surface area contributed by atoms with Gasteiger partial charge < -0.3 is 10.6 Å². The number of nitrogens with one attached hydrogen (secondary N) is 3. The first kappa shape index (κ1) is 16.9. The topological polar surface area (TPSA) is 108 Å². The largest absolute Gasteiger partial charge is 0.313 e. The van der Waals surface area contributed by atoms with Crippen molar-refractivity contribution in [2.24, 2.45) is 0 Å². The van der Waals surface area contributed by atoms with E-state index in [0.717, 1.165) is 30.0 Å². The van der Waals surface area contributed by atoms with E-state index in [2.05, 4.69) is 16.0 Å². The van der Waals surface area contributed by atoms with Crippen LogP contribution in [-0.2, 0) is 16.1 Å². The predicted octanol–water partition coefficient (Wildman–Crippen LogP) is -0.461. The lowest BCUT2D eigenvalue weighted by molar-refractivity contribution is -0.136. The quantitative estimate of drug-likeness (QED) is 0.616. The molecule has 0 aliphatic carbocycles. The van der Waals surface area contributed by atoms with Crippen LogP contribution in [0.15, 0.2) is 18.2 Å². The molecule has 1 aromatic carbocycles. The Bertz CT molecular complexity index is 802. The van der Waals surface area contributed by atoms with E-state index in [1.54, 1.807) is 12.1 Å². The first-order valence-corrected chi connectivity index (χ1v) is 8.84. The molecule has 1 unspecified atom stereocenters. The Balaban J connectivity index is 1.54. The summed E-state index contributed by atoms with van der Waals surface area (Å²) in [5, 5.41) is 8.81. The fourth-order valence-electron chi connectivity index (χ4n) is 3.64. The number of imide groups is 2. The van der Waals surface area contributed by atoms with Gasteiger partial charge in [0.25, 0.3) is 11.8 Å². The van der Waals surface area contributed by atoms with Crippen LogP contribution in [0.5, 0.6) is 0 Å². The lowest BCUT2D eigenvalue weighted by Gasteiger charge is -2.28. The number of hydrogen-bond acceptors (Lipinski definition) is 6. The monoisotopic (exact) mass is 356 g/mol. The normalized spacial score (nSPS) is 25.2. The van der Waals surface area contributed by atoms with Crippen LogP contribution in [0.4, 0.5) is 0 Å². The first-order chi connectivity index (χ1) is 12.6. The lowest BCUT2D eigenvalue weighted by Crippen LogP contribution is -2.54. The molecular weight excluding hydrogens is 336 g/mol. The number of carbonyl (C=O) groups excluding carboxylic acids is 4. The SMILES string of the molecule is O=C1CCC(N2C(=O)c3cccc(CNC[C@H]4CCN4)c3C2=O)C(=O)N1. The van der Waals surface area contributed by atoms with Crippen LogP contribution in [0.25, 0.3) is 0 Å². The number of hydrogen-bond donors (Lipinski definition) is 3. The Morgan fingerprint density at radius 1 is 1.12 bits per heavy atom. The molecule has 0 saturated carbocycles. The van der Waals surface area contributed by atoms with E-state index < -0.39 is 23.8 Å². The van der Waals surface area contributed by atoms with E-state index in [0.29, 0.717) is 23.7 Å². The number of carbonyl (C=O) groups is 4. The van der Waals surface area contributed by atoms with Crippen LogP contribution < -0.4 is 16.0 Å². The van der Waals surface area contributed by atoms with Crippen molar-refractivity contribution in [3.05, 3.63) is 34.9 Å². The maximum absolute atomic E-state index is 12.9. The molecule has 3 aliphatic rings. The van der Waals surface area contributed by atoms with Crippen molar-refractivity contribution < 1.29 is 19.2 Å². The van der Waals surface area contributed by atoms with Crippen molar-refractivity contribution in [1.29, 1.82) is 0 Å². The summed E-state index contributed by atoms with van der Waals surface area (Å²) in [7, 11) is 0. The van der Waals surface area contributed by atoms with E-state index in [-0.39, 0.29) is 18.7 Å². The molecule has 136 valence electrons. The highest BCUT2D eigenvalue weighted by atomic mass is 16.2. The molecule has 1 aromatic rings. The van der Waals surface area contributed by atoms with Crippen LogP contribution >= 0.6 is 0 Å². The van der Waals surface area contributed by atoms with Crippen molar-refractivity contribution in [2.75, 3.05) is 13.1 Å². The summed E-state index contributed by atoms with van der Waals surface area (Å²) in [5.41, 5.74) is 1.42. The average molecular weight is 356 g/mol. The number of piperidine rings is 1. The first-order valence-electron chi connectivity index (χ1n) is 8.84. The van der Waals surface area contributed by atoms with Crippen molar-refractivity contribution in [2.45, 2.75) is 37.9 Å². The standard InChI is InChI=1S/C18H20N4O4/c23-14-5-4-13(16(24)21-14)22-17(25)12-3-1-2-10(15(12)18(22)26)8-19-9-11-6-7-20-11/h1-3,11,13,19-20H,4-9H2,(H,21,23,24)/t11-,13?/m1/s1. The van der Waals surface area contributed by atoms with Crippen molar-refractivity contribution in [1.82, 2.24) is 20.9 Å². The maximum Gasteiger partial charge on any atom is 0.262 e. The molecule has 8 nitrogen and oxygen atoms in total.